The third-order valence-electron chi connectivity index (χ3n) is 4.22. The number of hydrazine groups is 1. The molecule has 0 bridgehead atoms. The van der Waals surface area contributed by atoms with E-state index in [-0.39, 0.29) is 18.9 Å². The minimum Gasteiger partial charge on any atom is -0.497 e. The van der Waals surface area contributed by atoms with Gasteiger partial charge in [-0.2, -0.15) is 0 Å². The van der Waals surface area contributed by atoms with E-state index >= 15 is 0 Å². The van der Waals surface area contributed by atoms with Crippen molar-refractivity contribution in [3.8, 4) is 11.5 Å². The maximum atomic E-state index is 12.4. The highest BCUT2D eigenvalue weighted by Gasteiger charge is 2.36. The monoisotopic (exact) mass is 389 g/mol. The Bertz CT molecular complexity index is 853. The summed E-state index contributed by atoms with van der Waals surface area (Å²) in [6, 6.07) is 8.52. The molecule has 1 aliphatic heterocycles. The molecule has 9 heteroatoms. The number of anilines is 1. The summed E-state index contributed by atoms with van der Waals surface area (Å²) >= 11 is 1.27. The van der Waals surface area contributed by atoms with Crippen LogP contribution in [0.3, 0.4) is 0 Å². The van der Waals surface area contributed by atoms with Gasteiger partial charge in [0.05, 0.1) is 30.7 Å². The van der Waals surface area contributed by atoms with E-state index in [1.807, 2.05) is 0 Å². The fraction of sp³-hybridized carbons (Fsp3) is 0.278. The van der Waals surface area contributed by atoms with Gasteiger partial charge in [-0.3, -0.25) is 25.2 Å². The average Bonchev–Trinajstić information content (AvgIpc) is 3.35. The van der Waals surface area contributed by atoms with E-state index in [2.05, 4.69) is 10.9 Å². The van der Waals surface area contributed by atoms with Gasteiger partial charge in [-0.1, -0.05) is 6.07 Å². The third-order valence-corrected chi connectivity index (χ3v) is 5.09. The van der Waals surface area contributed by atoms with Gasteiger partial charge in [0, 0.05) is 19.0 Å². The number of thiophene rings is 1. The summed E-state index contributed by atoms with van der Waals surface area (Å²) in [5.41, 5.74) is 5.33. The minimum atomic E-state index is -0.576. The molecule has 8 nitrogen and oxygen atoms in total. The van der Waals surface area contributed by atoms with E-state index in [0.29, 0.717) is 22.1 Å². The van der Waals surface area contributed by atoms with E-state index in [1.165, 1.54) is 23.3 Å². The Morgan fingerprint density at radius 1 is 1.19 bits per heavy atom. The topological polar surface area (TPSA) is 97.0 Å². The van der Waals surface area contributed by atoms with Crippen LogP contribution in [0, 0.1) is 5.92 Å². The smallest absolute Gasteiger partial charge is 0.279 e. The van der Waals surface area contributed by atoms with Gasteiger partial charge in [-0.15, -0.1) is 11.3 Å². The van der Waals surface area contributed by atoms with E-state index in [9.17, 15) is 14.4 Å². The van der Waals surface area contributed by atoms with E-state index in [0.717, 1.165) is 0 Å². The first-order valence-electron chi connectivity index (χ1n) is 8.19. The molecular formula is C18H19N3O5S. The molecule has 142 valence electrons. The van der Waals surface area contributed by atoms with Crippen molar-refractivity contribution in [1.82, 2.24) is 10.9 Å². The van der Waals surface area contributed by atoms with Gasteiger partial charge >= 0.3 is 0 Å². The fourth-order valence-electron chi connectivity index (χ4n) is 2.81. The lowest BCUT2D eigenvalue weighted by Crippen LogP contribution is -2.45. The summed E-state index contributed by atoms with van der Waals surface area (Å²) in [4.78, 5) is 38.6. The van der Waals surface area contributed by atoms with Gasteiger partial charge < -0.3 is 14.4 Å². The molecule has 1 aliphatic rings. The van der Waals surface area contributed by atoms with Crippen LogP contribution >= 0.6 is 11.3 Å². The molecule has 3 rings (SSSR count). The van der Waals surface area contributed by atoms with Gasteiger partial charge in [-0.25, -0.2) is 0 Å². The molecule has 0 radical (unpaired) electrons. The fourth-order valence-corrected chi connectivity index (χ4v) is 3.43. The summed E-state index contributed by atoms with van der Waals surface area (Å²) < 4.78 is 10.5. The van der Waals surface area contributed by atoms with Crippen LogP contribution < -0.4 is 25.2 Å². The molecule has 2 N–H and O–H groups in total. The number of methoxy groups -OCH3 is 2. The highest BCUT2D eigenvalue weighted by Crippen LogP contribution is 2.35. The first-order chi connectivity index (χ1) is 13.0. The van der Waals surface area contributed by atoms with Gasteiger partial charge in [0.1, 0.15) is 11.5 Å². The highest BCUT2D eigenvalue weighted by atomic mass is 32.1. The molecule has 3 amide bonds. The lowest BCUT2D eigenvalue weighted by molar-refractivity contribution is -0.126. The van der Waals surface area contributed by atoms with Crippen LogP contribution in [0.1, 0.15) is 16.1 Å². The third kappa shape index (κ3) is 4.03. The molecule has 0 aliphatic carbocycles. The molecule has 1 saturated heterocycles. The lowest BCUT2D eigenvalue weighted by Gasteiger charge is -2.20. The van der Waals surface area contributed by atoms with Crippen molar-refractivity contribution in [3.05, 3.63) is 40.6 Å². The SMILES string of the molecule is COc1ccc(N2C[C@@H](C(=O)NNC(=O)c3cccs3)CC2=O)c(OC)c1. The summed E-state index contributed by atoms with van der Waals surface area (Å²) in [7, 11) is 3.05. The van der Waals surface area contributed by atoms with Crippen LogP contribution in [0.5, 0.6) is 11.5 Å². The predicted octanol–water partition coefficient (Wildman–Crippen LogP) is 1.58. The summed E-state index contributed by atoms with van der Waals surface area (Å²) in [6.07, 6.45) is 0.0515. The largest absolute Gasteiger partial charge is 0.497 e. The van der Waals surface area contributed by atoms with Crippen molar-refractivity contribution >= 4 is 34.7 Å². The molecule has 1 aromatic carbocycles. The van der Waals surface area contributed by atoms with E-state index < -0.39 is 17.7 Å². The Morgan fingerprint density at radius 3 is 2.67 bits per heavy atom. The van der Waals surface area contributed by atoms with Crippen LogP contribution in [0.2, 0.25) is 0 Å². The number of carbonyl (C=O) groups excluding carboxylic acids is 3. The number of nitrogens with one attached hydrogen (secondary N) is 2. The lowest BCUT2D eigenvalue weighted by atomic mass is 10.1. The predicted molar refractivity (Wildman–Crippen MR) is 99.9 cm³/mol. The van der Waals surface area contributed by atoms with Crippen molar-refractivity contribution in [2.75, 3.05) is 25.7 Å². The van der Waals surface area contributed by atoms with Crippen LogP contribution in [0.15, 0.2) is 35.7 Å². The van der Waals surface area contributed by atoms with E-state index in [1.54, 1.807) is 42.8 Å². The Morgan fingerprint density at radius 2 is 2.00 bits per heavy atom. The van der Waals surface area contributed by atoms with Crippen molar-refractivity contribution in [3.63, 3.8) is 0 Å². The van der Waals surface area contributed by atoms with E-state index in [4.69, 9.17) is 9.47 Å². The second kappa shape index (κ2) is 8.09. The first kappa shape index (κ1) is 18.7. The Kier molecular flexibility index (Phi) is 5.60. The van der Waals surface area contributed by atoms with Crippen LogP contribution in [0.25, 0.3) is 0 Å². The molecule has 0 spiro atoms. The number of benzene rings is 1. The molecule has 2 heterocycles. The average molecular weight is 389 g/mol. The first-order valence-corrected chi connectivity index (χ1v) is 9.07. The number of rotatable bonds is 5. The maximum absolute atomic E-state index is 12.4. The number of amides is 3. The van der Waals surface area contributed by atoms with Crippen LogP contribution in [-0.2, 0) is 9.59 Å². The number of hydrogen-bond acceptors (Lipinski definition) is 6. The van der Waals surface area contributed by atoms with Crippen LogP contribution in [-0.4, -0.2) is 38.5 Å². The number of ether oxygens (including phenoxy) is 2. The molecule has 0 saturated carbocycles. The van der Waals surface area contributed by atoms with Gasteiger partial charge in [0.15, 0.2) is 0 Å². The standard InChI is InChI=1S/C18H19N3O5S/c1-25-12-5-6-13(14(9-12)26-2)21-10-11(8-16(21)22)17(23)19-20-18(24)15-4-3-7-27-15/h3-7,9,11H,8,10H2,1-2H3,(H,19,23)(H,20,24)/t11-/m0/s1. The molecule has 0 unspecified atom stereocenters. The van der Waals surface area contributed by atoms with Gasteiger partial charge in [0.25, 0.3) is 5.91 Å². The minimum absolute atomic E-state index is 0.0515. The Labute approximate surface area is 160 Å². The van der Waals surface area contributed by atoms with Gasteiger partial charge in [-0.05, 0) is 23.6 Å². The Balaban J connectivity index is 1.65. The summed E-state index contributed by atoms with van der Waals surface area (Å²) in [5.74, 6) is -0.488. The second-order valence-corrected chi connectivity index (χ2v) is 6.81. The van der Waals surface area contributed by atoms with Crippen LogP contribution in [0.4, 0.5) is 5.69 Å². The Hall–Kier alpha value is -3.07. The summed E-state index contributed by atoms with van der Waals surface area (Å²) in [6.45, 7) is 0.197. The molecule has 27 heavy (non-hydrogen) atoms. The second-order valence-electron chi connectivity index (χ2n) is 5.86. The molecular weight excluding hydrogens is 370 g/mol. The zero-order valence-corrected chi connectivity index (χ0v) is 15.7. The molecule has 1 fully saturated rings. The van der Waals surface area contributed by atoms with Crippen molar-refractivity contribution in [2.45, 2.75) is 6.42 Å². The van der Waals surface area contributed by atoms with Crippen molar-refractivity contribution in [1.29, 1.82) is 0 Å². The highest BCUT2D eigenvalue weighted by molar-refractivity contribution is 7.12. The molecule has 1 aromatic heterocycles. The van der Waals surface area contributed by atoms with Gasteiger partial charge in [0.2, 0.25) is 11.8 Å². The molecule has 2 aromatic rings. The van der Waals surface area contributed by atoms with Crippen molar-refractivity contribution < 1.29 is 23.9 Å². The number of hydrogen-bond donors (Lipinski definition) is 2. The quantitative estimate of drug-likeness (QED) is 0.757. The zero-order valence-electron chi connectivity index (χ0n) is 14.9. The normalized spacial score (nSPS) is 16.1. The van der Waals surface area contributed by atoms with Crippen molar-refractivity contribution in [2.24, 2.45) is 5.92 Å². The number of nitrogens with zero attached hydrogens (tertiary/aromatic N) is 1. The summed E-state index contributed by atoms with van der Waals surface area (Å²) in [5, 5.41) is 1.77. The zero-order chi connectivity index (χ0) is 19.4. The number of carbonyl (C=O) groups is 3. The maximum Gasteiger partial charge on any atom is 0.279 e. The molecule has 1 atom stereocenters.